The molecule has 0 aliphatic heterocycles. The van der Waals surface area contributed by atoms with Crippen molar-refractivity contribution in [1.82, 2.24) is 5.32 Å². The zero-order chi connectivity index (χ0) is 12.3. The molecule has 0 amide bonds. The van der Waals surface area contributed by atoms with Crippen molar-refractivity contribution in [3.63, 3.8) is 0 Å². The largest absolute Gasteiger partial charge is 0.493 e. The zero-order valence-electron chi connectivity index (χ0n) is 10.5. The monoisotopic (exact) mass is 297 g/mol. The van der Waals surface area contributed by atoms with Crippen molar-refractivity contribution in [3.05, 3.63) is 28.7 Å². The van der Waals surface area contributed by atoms with Crippen LogP contribution in [-0.4, -0.2) is 19.2 Å². The fourth-order valence-corrected chi connectivity index (χ4v) is 1.97. The van der Waals surface area contributed by atoms with Crippen LogP contribution >= 0.6 is 15.9 Å². The van der Waals surface area contributed by atoms with Crippen molar-refractivity contribution in [3.8, 4) is 5.75 Å². The average molecular weight is 298 g/mol. The highest BCUT2D eigenvalue weighted by Gasteiger charge is 2.25. The van der Waals surface area contributed by atoms with E-state index in [2.05, 4.69) is 35.1 Å². The third-order valence-electron chi connectivity index (χ3n) is 2.87. The molecule has 1 fully saturated rings. The van der Waals surface area contributed by atoms with E-state index in [0.29, 0.717) is 0 Å². The maximum absolute atomic E-state index is 5.83. The molecule has 1 aliphatic rings. The number of benzene rings is 1. The fraction of sp³-hybridized carbons (Fsp3) is 0.571. The van der Waals surface area contributed by atoms with Crippen LogP contribution < -0.4 is 10.1 Å². The lowest BCUT2D eigenvalue weighted by Gasteiger charge is -2.25. The Labute approximate surface area is 112 Å². The number of hydrogen-bond acceptors (Lipinski definition) is 2. The Morgan fingerprint density at radius 2 is 2.18 bits per heavy atom. The van der Waals surface area contributed by atoms with Crippen LogP contribution in [0.4, 0.5) is 0 Å². The smallest absolute Gasteiger partial charge is 0.120 e. The predicted molar refractivity (Wildman–Crippen MR) is 74.4 cm³/mol. The molecular weight excluding hydrogens is 278 g/mol. The lowest BCUT2D eigenvalue weighted by atomic mass is 9.95. The van der Waals surface area contributed by atoms with Crippen LogP contribution in [0.3, 0.4) is 0 Å². The Balaban J connectivity index is 1.78. The van der Waals surface area contributed by atoms with Gasteiger partial charge in [0.1, 0.15) is 5.75 Å². The molecule has 1 aromatic rings. The highest BCUT2D eigenvalue weighted by atomic mass is 79.9. The van der Waals surface area contributed by atoms with E-state index in [4.69, 9.17) is 4.74 Å². The number of rotatable bonds is 6. The summed E-state index contributed by atoms with van der Waals surface area (Å²) in [5, 5.41) is 3.56. The third-order valence-corrected chi connectivity index (χ3v) is 3.37. The summed E-state index contributed by atoms with van der Waals surface area (Å²) in [6.07, 6.45) is 2.67. The number of hydrogen-bond donors (Lipinski definition) is 1. The molecule has 0 radical (unpaired) electrons. The molecule has 1 aliphatic carbocycles. The first kappa shape index (κ1) is 12.9. The molecule has 0 atom stereocenters. The van der Waals surface area contributed by atoms with Gasteiger partial charge >= 0.3 is 0 Å². The van der Waals surface area contributed by atoms with Gasteiger partial charge in [-0.05, 0) is 31.0 Å². The molecule has 94 valence electrons. The quantitative estimate of drug-likeness (QED) is 0.866. The predicted octanol–water partition coefficient (Wildman–Crippen LogP) is 3.61. The van der Waals surface area contributed by atoms with Crippen molar-refractivity contribution >= 4 is 15.9 Å². The molecule has 2 rings (SSSR count). The fourth-order valence-electron chi connectivity index (χ4n) is 1.59. The van der Waals surface area contributed by atoms with E-state index < -0.39 is 0 Å². The average Bonchev–Trinajstić information content (AvgIpc) is 3.08. The normalized spacial score (nSPS) is 15.9. The number of ether oxygens (including phenoxy) is 1. The van der Waals surface area contributed by atoms with E-state index in [1.54, 1.807) is 0 Å². The Morgan fingerprint density at radius 1 is 1.41 bits per heavy atom. The molecule has 0 saturated heterocycles. The Kier molecular flexibility index (Phi) is 4.10. The van der Waals surface area contributed by atoms with Gasteiger partial charge in [-0.2, -0.15) is 0 Å². The molecular formula is C14H20BrNO. The summed E-state index contributed by atoms with van der Waals surface area (Å²) in [5.74, 6) is 0.930. The molecule has 1 N–H and O–H groups in total. The van der Waals surface area contributed by atoms with Gasteiger partial charge in [0.2, 0.25) is 0 Å². The van der Waals surface area contributed by atoms with Gasteiger partial charge in [-0.1, -0.05) is 35.8 Å². The van der Waals surface area contributed by atoms with Gasteiger partial charge in [-0.15, -0.1) is 0 Å². The highest BCUT2D eigenvalue weighted by Crippen LogP contribution is 2.23. The van der Waals surface area contributed by atoms with Crippen LogP contribution in [0, 0.1) is 5.41 Å². The minimum atomic E-state index is 0.172. The van der Waals surface area contributed by atoms with E-state index in [-0.39, 0.29) is 5.41 Å². The third kappa shape index (κ3) is 4.68. The first-order valence-corrected chi connectivity index (χ1v) is 6.96. The number of nitrogens with one attached hydrogen (secondary N) is 1. The van der Waals surface area contributed by atoms with Gasteiger partial charge in [-0.25, -0.2) is 0 Å². The lowest BCUT2D eigenvalue weighted by Crippen LogP contribution is -2.35. The molecule has 0 spiro atoms. The van der Waals surface area contributed by atoms with Crippen molar-refractivity contribution in [2.45, 2.75) is 32.7 Å². The molecule has 0 heterocycles. The van der Waals surface area contributed by atoms with E-state index in [0.717, 1.165) is 29.4 Å². The SMILES string of the molecule is CC(C)(CNC1CC1)COc1cccc(Br)c1. The van der Waals surface area contributed by atoms with Gasteiger partial charge in [0.05, 0.1) is 6.61 Å². The first-order chi connectivity index (χ1) is 8.05. The molecule has 2 nitrogen and oxygen atoms in total. The minimum Gasteiger partial charge on any atom is -0.493 e. The Hall–Kier alpha value is -0.540. The maximum Gasteiger partial charge on any atom is 0.120 e. The van der Waals surface area contributed by atoms with Crippen LogP contribution in [-0.2, 0) is 0 Å². The van der Waals surface area contributed by atoms with Gasteiger partial charge in [0.15, 0.2) is 0 Å². The van der Waals surface area contributed by atoms with Crippen molar-refractivity contribution < 1.29 is 4.74 Å². The second-order valence-corrected chi connectivity index (χ2v) is 6.48. The molecule has 1 saturated carbocycles. The van der Waals surface area contributed by atoms with Gasteiger partial charge in [-0.3, -0.25) is 0 Å². The summed E-state index contributed by atoms with van der Waals surface area (Å²) in [6, 6.07) is 8.77. The maximum atomic E-state index is 5.83. The minimum absolute atomic E-state index is 0.172. The van der Waals surface area contributed by atoms with Crippen LogP contribution in [0.1, 0.15) is 26.7 Å². The Morgan fingerprint density at radius 3 is 2.82 bits per heavy atom. The molecule has 0 aromatic heterocycles. The van der Waals surface area contributed by atoms with E-state index in [1.165, 1.54) is 12.8 Å². The molecule has 17 heavy (non-hydrogen) atoms. The van der Waals surface area contributed by atoms with Crippen LogP contribution in [0.15, 0.2) is 28.7 Å². The molecule has 0 bridgehead atoms. The molecule has 1 aromatic carbocycles. The molecule has 3 heteroatoms. The lowest BCUT2D eigenvalue weighted by molar-refractivity contribution is 0.176. The van der Waals surface area contributed by atoms with E-state index in [1.807, 2.05) is 24.3 Å². The summed E-state index contributed by atoms with van der Waals surface area (Å²) >= 11 is 3.45. The van der Waals surface area contributed by atoms with Gasteiger partial charge in [0.25, 0.3) is 0 Å². The Bertz CT molecular complexity index is 374. The van der Waals surface area contributed by atoms with Crippen molar-refractivity contribution in [1.29, 1.82) is 0 Å². The second-order valence-electron chi connectivity index (χ2n) is 5.57. The summed E-state index contributed by atoms with van der Waals surface area (Å²) in [5.41, 5.74) is 0.172. The topological polar surface area (TPSA) is 21.3 Å². The summed E-state index contributed by atoms with van der Waals surface area (Å²) in [6.45, 7) is 6.23. The molecule has 0 unspecified atom stereocenters. The standard InChI is InChI=1S/C14H20BrNO/c1-14(2,9-16-12-6-7-12)10-17-13-5-3-4-11(15)8-13/h3-5,8,12,16H,6-7,9-10H2,1-2H3. The van der Waals surface area contributed by atoms with E-state index >= 15 is 0 Å². The van der Waals surface area contributed by atoms with Gasteiger partial charge < -0.3 is 10.1 Å². The zero-order valence-corrected chi connectivity index (χ0v) is 12.1. The van der Waals surface area contributed by atoms with Crippen LogP contribution in [0.25, 0.3) is 0 Å². The second kappa shape index (κ2) is 5.40. The number of halogens is 1. The van der Waals surface area contributed by atoms with Crippen LogP contribution in [0.5, 0.6) is 5.75 Å². The van der Waals surface area contributed by atoms with Crippen molar-refractivity contribution in [2.24, 2.45) is 5.41 Å². The summed E-state index contributed by atoms with van der Waals surface area (Å²) < 4.78 is 6.89. The van der Waals surface area contributed by atoms with E-state index in [9.17, 15) is 0 Å². The summed E-state index contributed by atoms with van der Waals surface area (Å²) in [7, 11) is 0. The van der Waals surface area contributed by atoms with Crippen molar-refractivity contribution in [2.75, 3.05) is 13.2 Å². The highest BCUT2D eigenvalue weighted by molar-refractivity contribution is 9.10. The summed E-state index contributed by atoms with van der Waals surface area (Å²) in [4.78, 5) is 0. The first-order valence-electron chi connectivity index (χ1n) is 6.17. The van der Waals surface area contributed by atoms with Crippen LogP contribution in [0.2, 0.25) is 0 Å². The van der Waals surface area contributed by atoms with Gasteiger partial charge in [0, 0.05) is 22.5 Å².